The molecule has 2 nitrogen and oxygen atoms in total. The van der Waals surface area contributed by atoms with Gasteiger partial charge < -0.3 is 10.2 Å². The molecule has 0 aliphatic heterocycles. The van der Waals surface area contributed by atoms with Crippen LogP contribution in [-0.4, -0.2) is 10.2 Å². The lowest BCUT2D eigenvalue weighted by Crippen LogP contribution is -1.83. The molecule has 0 aromatic carbocycles. The SMILES string of the molecule is CCCCCCCCCCCCCCCCC=CC=CC=C(O)O. The molecular weight excluding hydrogens is 296 g/mol. The minimum absolute atomic E-state index is 0.647. The van der Waals surface area contributed by atoms with Crippen molar-refractivity contribution in [1.82, 2.24) is 0 Å². The van der Waals surface area contributed by atoms with E-state index in [9.17, 15) is 0 Å². The van der Waals surface area contributed by atoms with Crippen LogP contribution in [0, 0.1) is 0 Å². The Morgan fingerprint density at radius 1 is 0.583 bits per heavy atom. The summed E-state index contributed by atoms with van der Waals surface area (Å²) >= 11 is 0. The summed E-state index contributed by atoms with van der Waals surface area (Å²) in [5.74, 6) is -0.647. The molecule has 0 aromatic heterocycles. The number of rotatable bonds is 17. The van der Waals surface area contributed by atoms with E-state index < -0.39 is 5.95 Å². The van der Waals surface area contributed by atoms with Crippen LogP contribution >= 0.6 is 0 Å². The van der Waals surface area contributed by atoms with Gasteiger partial charge in [-0.15, -0.1) is 0 Å². The lowest BCUT2D eigenvalue weighted by Gasteiger charge is -2.02. The van der Waals surface area contributed by atoms with Crippen LogP contribution in [0.3, 0.4) is 0 Å². The molecule has 0 aliphatic carbocycles. The number of unbranched alkanes of at least 4 members (excludes halogenated alkanes) is 14. The minimum atomic E-state index is -0.647. The van der Waals surface area contributed by atoms with Crippen LogP contribution in [0.5, 0.6) is 0 Å². The molecular formula is C22H40O2. The second-order valence-electron chi connectivity index (χ2n) is 6.72. The quantitative estimate of drug-likeness (QED) is 0.161. The first-order valence-electron chi connectivity index (χ1n) is 10.2. The highest BCUT2D eigenvalue weighted by Gasteiger charge is 1.93. The van der Waals surface area contributed by atoms with Crippen molar-refractivity contribution in [1.29, 1.82) is 0 Å². The van der Waals surface area contributed by atoms with Crippen molar-refractivity contribution in [2.24, 2.45) is 0 Å². The van der Waals surface area contributed by atoms with E-state index in [1.807, 2.05) is 12.2 Å². The largest absolute Gasteiger partial charge is 0.481 e. The predicted octanol–water partition coefficient (Wildman–Crippen LogP) is 7.93. The molecule has 0 rings (SSSR count). The average Bonchev–Trinajstić information content (AvgIpc) is 2.56. The molecule has 0 heterocycles. The van der Waals surface area contributed by atoms with E-state index in [0.29, 0.717) is 0 Å². The molecule has 0 unspecified atom stereocenters. The first-order valence-corrected chi connectivity index (χ1v) is 10.2. The predicted molar refractivity (Wildman–Crippen MR) is 107 cm³/mol. The first kappa shape index (κ1) is 22.8. The highest BCUT2D eigenvalue weighted by molar-refractivity contribution is 5.10. The molecule has 0 amide bonds. The van der Waals surface area contributed by atoms with Crippen molar-refractivity contribution < 1.29 is 10.2 Å². The summed E-state index contributed by atoms with van der Waals surface area (Å²) in [6, 6.07) is 0. The van der Waals surface area contributed by atoms with Crippen LogP contribution in [0.25, 0.3) is 0 Å². The average molecular weight is 337 g/mol. The lowest BCUT2D eigenvalue weighted by molar-refractivity contribution is 0.191. The summed E-state index contributed by atoms with van der Waals surface area (Å²) in [6.45, 7) is 2.28. The minimum Gasteiger partial charge on any atom is -0.481 e. The van der Waals surface area contributed by atoms with Crippen LogP contribution in [-0.2, 0) is 0 Å². The van der Waals surface area contributed by atoms with E-state index in [-0.39, 0.29) is 0 Å². The highest BCUT2D eigenvalue weighted by atomic mass is 16.5. The number of allylic oxidation sites excluding steroid dienone is 5. The Labute approximate surface area is 150 Å². The van der Waals surface area contributed by atoms with E-state index in [1.54, 1.807) is 6.08 Å². The Hall–Kier alpha value is -1.18. The summed E-state index contributed by atoms with van der Waals surface area (Å²) in [5, 5.41) is 17.1. The first-order chi connectivity index (χ1) is 11.8. The topological polar surface area (TPSA) is 40.5 Å². The zero-order chi connectivity index (χ0) is 17.7. The second-order valence-corrected chi connectivity index (χ2v) is 6.72. The third-order valence-electron chi connectivity index (χ3n) is 4.33. The molecule has 0 radical (unpaired) electrons. The maximum atomic E-state index is 8.54. The van der Waals surface area contributed by atoms with Gasteiger partial charge in [0.05, 0.1) is 0 Å². The number of aliphatic hydroxyl groups excluding tert-OH is 1. The fourth-order valence-corrected chi connectivity index (χ4v) is 2.84. The van der Waals surface area contributed by atoms with Crippen molar-refractivity contribution in [3.8, 4) is 0 Å². The fourth-order valence-electron chi connectivity index (χ4n) is 2.84. The van der Waals surface area contributed by atoms with Gasteiger partial charge in [0.2, 0.25) is 0 Å². The van der Waals surface area contributed by atoms with Crippen LogP contribution in [0.15, 0.2) is 36.3 Å². The van der Waals surface area contributed by atoms with Crippen molar-refractivity contribution in [2.45, 2.75) is 103 Å². The molecule has 0 saturated carbocycles. The zero-order valence-corrected chi connectivity index (χ0v) is 15.9. The van der Waals surface area contributed by atoms with Gasteiger partial charge in [-0.25, -0.2) is 0 Å². The third kappa shape index (κ3) is 20.8. The van der Waals surface area contributed by atoms with E-state index in [2.05, 4.69) is 13.0 Å². The summed E-state index contributed by atoms with van der Waals surface area (Å²) < 4.78 is 0. The van der Waals surface area contributed by atoms with Crippen LogP contribution < -0.4 is 0 Å². The number of hydrogen-bond acceptors (Lipinski definition) is 2. The molecule has 2 N–H and O–H groups in total. The molecule has 24 heavy (non-hydrogen) atoms. The Morgan fingerprint density at radius 3 is 1.50 bits per heavy atom. The summed E-state index contributed by atoms with van der Waals surface area (Å²) in [7, 11) is 0. The molecule has 0 aromatic rings. The van der Waals surface area contributed by atoms with Gasteiger partial charge in [0, 0.05) is 6.08 Å². The number of aliphatic hydroxyl groups is 2. The van der Waals surface area contributed by atoms with Crippen molar-refractivity contribution >= 4 is 0 Å². The van der Waals surface area contributed by atoms with Gasteiger partial charge in [0.1, 0.15) is 0 Å². The Kier molecular flexibility index (Phi) is 18.9. The van der Waals surface area contributed by atoms with Gasteiger partial charge in [0.25, 0.3) is 5.95 Å². The summed E-state index contributed by atoms with van der Waals surface area (Å²) in [4.78, 5) is 0. The van der Waals surface area contributed by atoms with Crippen LogP contribution in [0.4, 0.5) is 0 Å². The third-order valence-corrected chi connectivity index (χ3v) is 4.33. The Balaban J connectivity index is 3.14. The molecule has 0 aliphatic rings. The molecule has 0 atom stereocenters. The molecule has 0 spiro atoms. The fraction of sp³-hybridized carbons (Fsp3) is 0.727. The molecule has 0 bridgehead atoms. The standard InChI is InChI=1S/C22H40O2/c1-2-3-4-5-6-7-8-9-10-11-12-13-14-15-16-17-18-19-20-21-22(23)24/h17-21,23-24H,2-16H2,1H3. The molecule has 0 saturated heterocycles. The van der Waals surface area contributed by atoms with E-state index in [0.717, 1.165) is 6.42 Å². The van der Waals surface area contributed by atoms with Crippen LogP contribution in [0.2, 0.25) is 0 Å². The van der Waals surface area contributed by atoms with Gasteiger partial charge in [-0.05, 0) is 12.8 Å². The van der Waals surface area contributed by atoms with E-state index >= 15 is 0 Å². The summed E-state index contributed by atoms with van der Waals surface area (Å²) in [6.07, 6.45) is 29.5. The van der Waals surface area contributed by atoms with Crippen molar-refractivity contribution in [3.05, 3.63) is 36.3 Å². The number of hydrogen-bond donors (Lipinski definition) is 2. The monoisotopic (exact) mass is 336 g/mol. The lowest BCUT2D eigenvalue weighted by atomic mass is 10.0. The normalized spacial score (nSPS) is 11.5. The van der Waals surface area contributed by atoms with Crippen molar-refractivity contribution in [2.75, 3.05) is 0 Å². The van der Waals surface area contributed by atoms with Gasteiger partial charge in [-0.3, -0.25) is 0 Å². The van der Waals surface area contributed by atoms with E-state index in [1.165, 1.54) is 96.0 Å². The van der Waals surface area contributed by atoms with E-state index in [4.69, 9.17) is 10.2 Å². The van der Waals surface area contributed by atoms with Gasteiger partial charge >= 0.3 is 0 Å². The zero-order valence-electron chi connectivity index (χ0n) is 15.9. The highest BCUT2D eigenvalue weighted by Crippen LogP contribution is 2.13. The van der Waals surface area contributed by atoms with Crippen molar-refractivity contribution in [3.63, 3.8) is 0 Å². The Morgan fingerprint density at radius 2 is 1.04 bits per heavy atom. The van der Waals surface area contributed by atoms with Gasteiger partial charge in [-0.1, -0.05) is 115 Å². The maximum absolute atomic E-state index is 8.54. The Bertz CT molecular complexity index is 325. The van der Waals surface area contributed by atoms with Gasteiger partial charge in [0.15, 0.2) is 0 Å². The van der Waals surface area contributed by atoms with Gasteiger partial charge in [-0.2, -0.15) is 0 Å². The molecule has 140 valence electrons. The molecule has 2 heteroatoms. The maximum Gasteiger partial charge on any atom is 0.274 e. The molecule has 0 fully saturated rings. The van der Waals surface area contributed by atoms with Crippen LogP contribution in [0.1, 0.15) is 103 Å². The smallest absolute Gasteiger partial charge is 0.274 e. The second kappa shape index (κ2) is 19.9. The summed E-state index contributed by atoms with van der Waals surface area (Å²) in [5.41, 5.74) is 0.